The van der Waals surface area contributed by atoms with Crippen LogP contribution in [0.4, 0.5) is 13.2 Å². The zero-order chi connectivity index (χ0) is 28.5. The summed E-state index contributed by atoms with van der Waals surface area (Å²) in [5.41, 5.74) is 3.96. The van der Waals surface area contributed by atoms with Crippen molar-refractivity contribution in [2.75, 3.05) is 13.2 Å². The van der Waals surface area contributed by atoms with Gasteiger partial charge < -0.3 is 9.47 Å². The van der Waals surface area contributed by atoms with Crippen LogP contribution in [0.3, 0.4) is 0 Å². The van der Waals surface area contributed by atoms with Crippen LogP contribution in [0.25, 0.3) is 22.3 Å². The quantitative estimate of drug-likeness (QED) is 0.196. The largest absolute Gasteiger partial charge is 0.352 e. The summed E-state index contributed by atoms with van der Waals surface area (Å²) in [5, 5.41) is 0. The number of ether oxygens (including phenoxy) is 2. The SMILES string of the molecule is CCCCCCCCCc1ccc(-c2ccc(-c3ccc(C4COC(CCC)OC4)c(F)c3F)cc2)c(F)c1C. The van der Waals surface area contributed by atoms with Gasteiger partial charge >= 0.3 is 0 Å². The van der Waals surface area contributed by atoms with Crippen LogP contribution in [-0.2, 0) is 15.9 Å². The molecule has 0 saturated carbocycles. The first-order valence-corrected chi connectivity index (χ1v) is 15.0. The molecule has 0 atom stereocenters. The van der Waals surface area contributed by atoms with Crippen molar-refractivity contribution in [1.29, 1.82) is 0 Å². The van der Waals surface area contributed by atoms with Gasteiger partial charge in [0.1, 0.15) is 5.82 Å². The fraction of sp³-hybridized carbons (Fsp3) is 0.486. The second-order valence-electron chi connectivity index (χ2n) is 11.1. The monoisotopic (exact) mass is 552 g/mol. The van der Waals surface area contributed by atoms with E-state index in [1.807, 2.05) is 26.0 Å². The first kappa shape index (κ1) is 30.3. The van der Waals surface area contributed by atoms with Crippen molar-refractivity contribution in [2.24, 2.45) is 0 Å². The molecule has 0 N–H and O–H groups in total. The molecule has 2 nitrogen and oxygen atoms in total. The zero-order valence-electron chi connectivity index (χ0n) is 24.2. The fourth-order valence-electron chi connectivity index (χ4n) is 5.55. The molecule has 3 aromatic rings. The summed E-state index contributed by atoms with van der Waals surface area (Å²) >= 11 is 0. The minimum absolute atomic E-state index is 0.177. The Balaban J connectivity index is 1.42. The van der Waals surface area contributed by atoms with E-state index in [9.17, 15) is 0 Å². The molecule has 1 heterocycles. The molecule has 0 amide bonds. The van der Waals surface area contributed by atoms with E-state index < -0.39 is 11.6 Å². The van der Waals surface area contributed by atoms with Gasteiger partial charge in [-0.05, 0) is 54.0 Å². The lowest BCUT2D eigenvalue weighted by molar-refractivity contribution is -0.190. The van der Waals surface area contributed by atoms with E-state index >= 15 is 13.2 Å². The van der Waals surface area contributed by atoms with E-state index in [-0.39, 0.29) is 29.2 Å². The standard InChI is InChI=1S/C35H43F3O2/c1-4-6-7-8-9-10-11-13-25-18-19-29(33(36)24(25)3)26-14-16-27(17-15-26)30-20-21-31(35(38)34(30)37)28-22-39-32(12-5-2)40-23-28/h14-21,28,32H,4-13,22-23H2,1-3H3. The van der Waals surface area contributed by atoms with Gasteiger partial charge in [0.25, 0.3) is 0 Å². The van der Waals surface area contributed by atoms with Crippen molar-refractivity contribution in [1.82, 2.24) is 0 Å². The second kappa shape index (κ2) is 14.8. The predicted molar refractivity (Wildman–Crippen MR) is 157 cm³/mol. The average molecular weight is 553 g/mol. The van der Waals surface area contributed by atoms with Crippen molar-refractivity contribution in [3.63, 3.8) is 0 Å². The van der Waals surface area contributed by atoms with Crippen LogP contribution < -0.4 is 0 Å². The molecule has 0 unspecified atom stereocenters. The van der Waals surface area contributed by atoms with E-state index in [4.69, 9.17) is 9.47 Å². The number of aryl methyl sites for hydroxylation is 1. The van der Waals surface area contributed by atoms with E-state index in [0.29, 0.717) is 35.5 Å². The van der Waals surface area contributed by atoms with E-state index in [1.165, 1.54) is 38.5 Å². The normalized spacial score (nSPS) is 17.4. The van der Waals surface area contributed by atoms with Gasteiger partial charge in [-0.25, -0.2) is 13.2 Å². The topological polar surface area (TPSA) is 18.5 Å². The van der Waals surface area contributed by atoms with Crippen LogP contribution in [0.2, 0.25) is 0 Å². The van der Waals surface area contributed by atoms with Crippen molar-refractivity contribution < 1.29 is 22.6 Å². The Morgan fingerprint density at radius 1 is 0.650 bits per heavy atom. The van der Waals surface area contributed by atoms with Gasteiger partial charge in [-0.3, -0.25) is 0 Å². The molecule has 5 heteroatoms. The first-order chi connectivity index (χ1) is 19.4. The van der Waals surface area contributed by atoms with Crippen LogP contribution in [0, 0.1) is 24.4 Å². The lowest BCUT2D eigenvalue weighted by Crippen LogP contribution is -2.31. The van der Waals surface area contributed by atoms with Gasteiger partial charge in [-0.15, -0.1) is 0 Å². The van der Waals surface area contributed by atoms with Gasteiger partial charge in [0.15, 0.2) is 17.9 Å². The van der Waals surface area contributed by atoms with E-state index in [1.54, 1.807) is 36.4 Å². The van der Waals surface area contributed by atoms with Crippen molar-refractivity contribution in [3.8, 4) is 22.3 Å². The van der Waals surface area contributed by atoms with Crippen LogP contribution in [0.15, 0.2) is 48.5 Å². The molecule has 1 aliphatic rings. The Morgan fingerprint density at radius 3 is 1.85 bits per heavy atom. The number of hydrogen-bond donors (Lipinski definition) is 0. The summed E-state index contributed by atoms with van der Waals surface area (Å²) in [6.45, 7) is 6.72. The molecule has 1 fully saturated rings. The van der Waals surface area contributed by atoms with Gasteiger partial charge in [-0.1, -0.05) is 107 Å². The Labute approximate surface area is 237 Å². The van der Waals surface area contributed by atoms with Crippen molar-refractivity contribution in [3.05, 3.63) is 82.7 Å². The molecular weight excluding hydrogens is 509 g/mol. The maximum atomic E-state index is 15.4. The molecule has 3 aromatic carbocycles. The molecule has 4 rings (SSSR count). The van der Waals surface area contributed by atoms with Gasteiger partial charge in [0.05, 0.1) is 13.2 Å². The number of benzene rings is 3. The molecule has 216 valence electrons. The maximum Gasteiger partial charge on any atom is 0.166 e. The molecule has 0 spiro atoms. The van der Waals surface area contributed by atoms with Crippen LogP contribution in [0.1, 0.15) is 94.2 Å². The second-order valence-corrected chi connectivity index (χ2v) is 11.1. The summed E-state index contributed by atoms with van der Waals surface area (Å²) in [6, 6.07) is 14.1. The summed E-state index contributed by atoms with van der Waals surface area (Å²) in [7, 11) is 0. The third-order valence-corrected chi connectivity index (χ3v) is 8.10. The number of halogens is 3. The molecule has 0 radical (unpaired) electrons. The van der Waals surface area contributed by atoms with Crippen molar-refractivity contribution >= 4 is 0 Å². The fourth-order valence-corrected chi connectivity index (χ4v) is 5.55. The van der Waals surface area contributed by atoms with Crippen LogP contribution in [0.5, 0.6) is 0 Å². The minimum atomic E-state index is -0.891. The Kier molecular flexibility index (Phi) is 11.3. The summed E-state index contributed by atoms with van der Waals surface area (Å²) < 4.78 is 57.0. The summed E-state index contributed by atoms with van der Waals surface area (Å²) in [4.78, 5) is 0. The Morgan fingerprint density at radius 2 is 1.23 bits per heavy atom. The molecule has 0 bridgehead atoms. The molecule has 1 saturated heterocycles. The highest BCUT2D eigenvalue weighted by Gasteiger charge is 2.27. The molecular formula is C35H43F3O2. The summed E-state index contributed by atoms with van der Waals surface area (Å²) in [5.74, 6) is -2.32. The van der Waals surface area contributed by atoms with Crippen molar-refractivity contribution in [2.45, 2.75) is 97.2 Å². The third kappa shape index (κ3) is 7.36. The lowest BCUT2D eigenvalue weighted by Gasteiger charge is -2.29. The van der Waals surface area contributed by atoms with Gasteiger partial charge in [-0.2, -0.15) is 0 Å². The number of rotatable bonds is 13. The minimum Gasteiger partial charge on any atom is -0.352 e. The van der Waals surface area contributed by atoms with E-state index in [0.717, 1.165) is 31.2 Å². The molecule has 0 aliphatic carbocycles. The summed E-state index contributed by atoms with van der Waals surface area (Å²) in [6.07, 6.45) is 10.9. The predicted octanol–water partition coefficient (Wildman–Crippen LogP) is 10.3. The highest BCUT2D eigenvalue weighted by molar-refractivity contribution is 5.72. The highest BCUT2D eigenvalue weighted by Crippen LogP contribution is 2.34. The zero-order valence-corrected chi connectivity index (χ0v) is 24.2. The lowest BCUT2D eigenvalue weighted by atomic mass is 9.93. The van der Waals surface area contributed by atoms with Crippen LogP contribution in [-0.4, -0.2) is 19.5 Å². The highest BCUT2D eigenvalue weighted by atomic mass is 19.2. The van der Waals surface area contributed by atoms with E-state index in [2.05, 4.69) is 6.92 Å². The molecule has 0 aromatic heterocycles. The first-order valence-electron chi connectivity index (χ1n) is 15.0. The number of hydrogen-bond acceptors (Lipinski definition) is 2. The van der Waals surface area contributed by atoms with Crippen LogP contribution >= 0.6 is 0 Å². The maximum absolute atomic E-state index is 15.4. The molecule has 1 aliphatic heterocycles. The number of unbranched alkanes of at least 4 members (excludes halogenated alkanes) is 6. The Hall–Kier alpha value is -2.63. The smallest absolute Gasteiger partial charge is 0.166 e. The molecule has 40 heavy (non-hydrogen) atoms. The van der Waals surface area contributed by atoms with Gasteiger partial charge in [0.2, 0.25) is 0 Å². The van der Waals surface area contributed by atoms with Gasteiger partial charge in [0, 0.05) is 17.0 Å². The Bertz CT molecular complexity index is 1230. The third-order valence-electron chi connectivity index (χ3n) is 8.10. The average Bonchev–Trinajstić information content (AvgIpc) is 2.97.